The van der Waals surface area contributed by atoms with Crippen LogP contribution in [0.4, 0.5) is 29.1 Å². The zero-order valence-electron chi connectivity index (χ0n) is 27.2. The Morgan fingerprint density at radius 2 is 1.90 bits per heavy atom. The fraction of sp³-hybridized carbons (Fsp3) is 0.412. The molecule has 0 bridgehead atoms. The molecule has 0 saturated carbocycles. The van der Waals surface area contributed by atoms with Crippen molar-refractivity contribution in [3.63, 3.8) is 0 Å². The minimum absolute atomic E-state index is 0.0137. The van der Waals surface area contributed by atoms with Gasteiger partial charge in [0, 0.05) is 67.7 Å². The van der Waals surface area contributed by atoms with Gasteiger partial charge in [-0.15, -0.1) is 0 Å². The van der Waals surface area contributed by atoms with E-state index in [9.17, 15) is 27.2 Å². The van der Waals surface area contributed by atoms with Crippen LogP contribution in [0.25, 0.3) is 16.9 Å². The fourth-order valence-electron chi connectivity index (χ4n) is 6.71. The van der Waals surface area contributed by atoms with E-state index < -0.39 is 24.0 Å². The quantitative estimate of drug-likeness (QED) is 0.0951. The second-order valence-corrected chi connectivity index (χ2v) is 12.8. The van der Waals surface area contributed by atoms with Gasteiger partial charge < -0.3 is 30.5 Å². The number of carbonyl (C=O) groups is 2. The topological polar surface area (TPSA) is 122 Å². The Morgan fingerprint density at radius 3 is 2.63 bits per heavy atom. The molecule has 4 N–H and O–H groups in total. The normalized spacial score (nSPS) is 19.2. The summed E-state index contributed by atoms with van der Waals surface area (Å²) < 4.78 is 60.9. The number of anilines is 2. The van der Waals surface area contributed by atoms with Gasteiger partial charge in [-0.1, -0.05) is 6.92 Å². The number of halogens is 4. The van der Waals surface area contributed by atoms with Gasteiger partial charge in [-0.2, -0.15) is 13.2 Å². The van der Waals surface area contributed by atoms with Crippen molar-refractivity contribution in [1.29, 1.82) is 0 Å². The molecule has 4 aromatic rings. The molecule has 0 spiro atoms. The maximum absolute atomic E-state index is 14.9. The van der Waals surface area contributed by atoms with Crippen molar-refractivity contribution < 1.29 is 36.4 Å². The minimum Gasteiger partial charge on any atom is -0.432 e. The first-order chi connectivity index (χ1) is 23.5. The number of fused-ring (bicyclic) bond motifs is 1. The smallest absolute Gasteiger partial charge is 0.387 e. The number of hydrogen-bond acceptors (Lipinski definition) is 7. The molecular weight excluding hydrogens is 644 g/mol. The van der Waals surface area contributed by atoms with E-state index in [-0.39, 0.29) is 29.0 Å². The third-order valence-electron chi connectivity index (χ3n) is 9.28. The summed E-state index contributed by atoms with van der Waals surface area (Å²) in [6, 6.07) is 7.30. The van der Waals surface area contributed by atoms with Gasteiger partial charge in [-0.3, -0.25) is 14.0 Å². The van der Waals surface area contributed by atoms with Gasteiger partial charge in [0.1, 0.15) is 0 Å². The maximum Gasteiger partial charge on any atom is 0.387 e. The summed E-state index contributed by atoms with van der Waals surface area (Å²) in [4.78, 5) is 34.6. The van der Waals surface area contributed by atoms with Crippen LogP contribution in [-0.4, -0.2) is 90.1 Å². The Balaban J connectivity index is 1.06. The number of nitrogens with zero attached hydrogens (tertiary/aromatic N) is 4. The van der Waals surface area contributed by atoms with Crippen LogP contribution in [0.2, 0.25) is 0 Å². The molecule has 2 saturated heterocycles. The molecular formula is C34H39F4N8O3+. The molecule has 6 rings (SSSR count). The van der Waals surface area contributed by atoms with E-state index in [1.54, 1.807) is 12.1 Å². The highest BCUT2D eigenvalue weighted by Crippen LogP contribution is 2.32. The molecule has 2 aliphatic heterocycles. The van der Waals surface area contributed by atoms with E-state index in [1.807, 2.05) is 13.0 Å². The minimum atomic E-state index is -3.30. The fourth-order valence-corrected chi connectivity index (χ4v) is 6.71. The standard InChI is InChI=1S/C34H38F4N8O3/c1-3-21-14-23(4-5-24(21)33(48)42-10-9-41-32(47)22-8-13-46(2,19-22)18-20-15-39-16-20)44-30-31-43-17-26(45(31)12-11-40-30)25-6-7-27(49-34(37)38)29(36)28(25)35/h4-7,11-12,14,17,20,22,34,39H,3,8-10,13,15-16,18-19H2,1-2H3,(H2-,40,41,42,44,47,48)/p+1. The lowest BCUT2D eigenvalue weighted by Gasteiger charge is -2.37. The second-order valence-electron chi connectivity index (χ2n) is 12.8. The van der Waals surface area contributed by atoms with Crippen LogP contribution in [0.3, 0.4) is 0 Å². The van der Waals surface area contributed by atoms with Gasteiger partial charge in [-0.05, 0) is 42.3 Å². The molecule has 0 radical (unpaired) electrons. The summed E-state index contributed by atoms with van der Waals surface area (Å²) in [6.07, 6.45) is 5.70. The van der Waals surface area contributed by atoms with E-state index in [0.29, 0.717) is 48.1 Å². The van der Waals surface area contributed by atoms with E-state index in [4.69, 9.17) is 0 Å². The predicted molar refractivity (Wildman–Crippen MR) is 175 cm³/mol. The van der Waals surface area contributed by atoms with Crippen LogP contribution in [0, 0.1) is 23.5 Å². The molecule has 4 heterocycles. The number of nitrogens with one attached hydrogen (secondary N) is 4. The molecule has 2 amide bonds. The number of carbonyl (C=O) groups excluding carboxylic acids is 2. The Hall–Kier alpha value is -4.76. The molecule has 2 aromatic heterocycles. The van der Waals surface area contributed by atoms with E-state index in [2.05, 4.69) is 43.0 Å². The van der Waals surface area contributed by atoms with E-state index >= 15 is 0 Å². The molecule has 2 aromatic carbocycles. The van der Waals surface area contributed by atoms with Crippen molar-refractivity contribution in [2.45, 2.75) is 26.4 Å². The Labute approximate surface area is 280 Å². The third kappa shape index (κ3) is 7.47. The molecule has 2 aliphatic rings. The van der Waals surface area contributed by atoms with Crippen LogP contribution in [0.5, 0.6) is 5.75 Å². The summed E-state index contributed by atoms with van der Waals surface area (Å²) in [7, 11) is 2.23. The van der Waals surface area contributed by atoms with Crippen LogP contribution >= 0.6 is 0 Å². The number of alkyl halides is 2. The highest BCUT2D eigenvalue weighted by atomic mass is 19.3. The van der Waals surface area contributed by atoms with Crippen molar-refractivity contribution in [3.05, 3.63) is 71.7 Å². The van der Waals surface area contributed by atoms with Gasteiger partial charge in [-0.25, -0.2) is 14.4 Å². The largest absolute Gasteiger partial charge is 0.432 e. The molecule has 11 nitrogen and oxygen atoms in total. The molecule has 2 fully saturated rings. The number of likely N-dealkylation sites (tertiary alicyclic amines) is 1. The highest BCUT2D eigenvalue weighted by Gasteiger charge is 2.40. The summed E-state index contributed by atoms with van der Waals surface area (Å²) in [6.45, 7) is 4.31. The Bertz CT molecular complexity index is 1850. The van der Waals surface area contributed by atoms with E-state index in [0.717, 1.165) is 61.3 Å². The van der Waals surface area contributed by atoms with Crippen LogP contribution in [0.15, 0.2) is 48.9 Å². The van der Waals surface area contributed by atoms with Gasteiger partial charge in [0.25, 0.3) is 5.91 Å². The zero-order valence-corrected chi connectivity index (χ0v) is 27.2. The average Bonchev–Trinajstić information content (AvgIpc) is 3.68. The number of ether oxygens (including phenoxy) is 1. The van der Waals surface area contributed by atoms with Crippen molar-refractivity contribution in [1.82, 2.24) is 30.3 Å². The number of aryl methyl sites for hydroxylation is 1. The molecule has 49 heavy (non-hydrogen) atoms. The second kappa shape index (κ2) is 14.4. The van der Waals surface area contributed by atoms with E-state index in [1.165, 1.54) is 23.0 Å². The highest BCUT2D eigenvalue weighted by molar-refractivity contribution is 5.96. The zero-order chi connectivity index (χ0) is 34.7. The number of aromatic nitrogens is 3. The number of imidazole rings is 1. The summed E-state index contributed by atoms with van der Waals surface area (Å²) in [5.74, 6) is -3.03. The molecule has 260 valence electrons. The van der Waals surface area contributed by atoms with Crippen molar-refractivity contribution in [3.8, 4) is 17.0 Å². The first kappa shape index (κ1) is 34.1. The lowest BCUT2D eigenvalue weighted by atomic mass is 10.0. The number of amides is 2. The molecule has 15 heteroatoms. The molecule has 2 atom stereocenters. The summed E-state index contributed by atoms with van der Waals surface area (Å²) in [5, 5.41) is 12.4. The van der Waals surface area contributed by atoms with Gasteiger partial charge >= 0.3 is 6.61 Å². The van der Waals surface area contributed by atoms with Crippen LogP contribution < -0.4 is 26.0 Å². The SMILES string of the molecule is CCc1cc(Nc2nccn3c(-c4ccc(OC(F)F)c(F)c4F)cnc23)ccc1C(=O)NCCNC(=O)C1CC[N+](C)(CC2CNC2)C1. The monoisotopic (exact) mass is 683 g/mol. The average molecular weight is 684 g/mol. The van der Waals surface area contributed by atoms with Gasteiger partial charge in [0.15, 0.2) is 23.0 Å². The summed E-state index contributed by atoms with van der Waals surface area (Å²) >= 11 is 0. The first-order valence-electron chi connectivity index (χ1n) is 16.3. The predicted octanol–water partition coefficient (Wildman–Crippen LogP) is 4.11. The lowest BCUT2D eigenvalue weighted by molar-refractivity contribution is -0.902. The third-order valence-corrected chi connectivity index (χ3v) is 9.28. The van der Waals surface area contributed by atoms with Crippen molar-refractivity contribution in [2.24, 2.45) is 11.8 Å². The molecule has 0 aliphatic carbocycles. The Morgan fingerprint density at radius 1 is 1.10 bits per heavy atom. The number of quaternary nitrogens is 1. The van der Waals surface area contributed by atoms with Gasteiger partial charge in [0.2, 0.25) is 11.7 Å². The maximum atomic E-state index is 14.9. The van der Waals surface area contributed by atoms with Gasteiger partial charge in [0.05, 0.1) is 44.5 Å². The first-order valence-corrected chi connectivity index (χ1v) is 16.3. The van der Waals surface area contributed by atoms with Crippen LogP contribution in [-0.2, 0) is 11.2 Å². The number of benzene rings is 2. The van der Waals surface area contributed by atoms with Crippen molar-refractivity contribution in [2.75, 3.05) is 58.2 Å². The Kier molecular flexibility index (Phi) is 10.0. The van der Waals surface area contributed by atoms with Crippen molar-refractivity contribution >= 4 is 29.0 Å². The lowest BCUT2D eigenvalue weighted by Crippen LogP contribution is -2.54. The van der Waals surface area contributed by atoms with Crippen LogP contribution in [0.1, 0.15) is 29.3 Å². The summed E-state index contributed by atoms with van der Waals surface area (Å²) in [5.41, 5.74) is 2.15. The number of rotatable bonds is 13. The number of hydrogen-bond donors (Lipinski definition) is 4. The molecule has 2 unspecified atom stereocenters.